The molecule has 1 aromatic heterocycles. The van der Waals surface area contributed by atoms with Gasteiger partial charge in [0.05, 0.1) is 23.8 Å². The third-order valence-corrected chi connectivity index (χ3v) is 11.8. The molecule has 4 aromatic rings. The molecule has 3 aliphatic heterocycles. The minimum absolute atomic E-state index is 0.164. The molecule has 3 fully saturated rings. The molecule has 11 heteroatoms. The highest BCUT2D eigenvalue weighted by atomic mass is 35.5. The van der Waals surface area contributed by atoms with Crippen LogP contribution in [0.3, 0.4) is 0 Å². The lowest BCUT2D eigenvalue weighted by Crippen LogP contribution is -2.44. The number of rotatable bonds is 15. The van der Waals surface area contributed by atoms with Gasteiger partial charge in [0.15, 0.2) is 0 Å². The molecule has 7 rings (SSSR count). The number of hydrogen-bond acceptors (Lipinski definition) is 9. The van der Waals surface area contributed by atoms with E-state index < -0.39 is 12.0 Å². The van der Waals surface area contributed by atoms with Crippen LogP contribution in [0.25, 0.3) is 11.1 Å². The number of aliphatic carboxylic acids is 1. The summed E-state index contributed by atoms with van der Waals surface area (Å²) in [6.45, 7) is 9.39. The van der Waals surface area contributed by atoms with Crippen molar-refractivity contribution in [2.24, 2.45) is 5.41 Å². The summed E-state index contributed by atoms with van der Waals surface area (Å²) in [4.78, 5) is 20.8. The first-order valence-corrected chi connectivity index (χ1v) is 20.2. The summed E-state index contributed by atoms with van der Waals surface area (Å²) >= 11 is 6.87. The minimum atomic E-state index is -0.828. The maximum absolute atomic E-state index is 12.1. The zero-order valence-electron chi connectivity index (χ0n) is 32.2. The molecule has 1 N–H and O–H groups in total. The first-order chi connectivity index (χ1) is 27.3. The number of carbonyl (C=O) groups is 1. The molecule has 0 saturated carbocycles. The van der Waals surface area contributed by atoms with Crippen molar-refractivity contribution in [1.82, 2.24) is 14.8 Å². The number of carboxylic acids is 1. The molecule has 3 aromatic carbocycles. The van der Waals surface area contributed by atoms with Gasteiger partial charge in [-0.15, -0.1) is 0 Å². The minimum Gasteiger partial charge on any atom is -0.494 e. The Balaban J connectivity index is 1.02. The maximum Gasteiger partial charge on any atom is 0.320 e. The van der Waals surface area contributed by atoms with Crippen molar-refractivity contribution in [1.29, 1.82) is 5.26 Å². The normalized spacial score (nSPS) is 20.1. The number of benzene rings is 3. The fraction of sp³-hybridized carbons (Fsp3) is 0.444. The summed E-state index contributed by atoms with van der Waals surface area (Å²) in [7, 11) is 0. The van der Waals surface area contributed by atoms with Crippen LogP contribution in [-0.2, 0) is 29.3 Å². The van der Waals surface area contributed by atoms with Gasteiger partial charge in [0, 0.05) is 61.2 Å². The van der Waals surface area contributed by atoms with E-state index in [1.54, 1.807) is 18.3 Å². The summed E-state index contributed by atoms with van der Waals surface area (Å²) < 4.78 is 24.7. The molecule has 56 heavy (non-hydrogen) atoms. The quantitative estimate of drug-likeness (QED) is 0.118. The lowest BCUT2D eigenvalue weighted by Gasteiger charge is -2.39. The van der Waals surface area contributed by atoms with Crippen molar-refractivity contribution >= 4 is 17.6 Å². The van der Waals surface area contributed by atoms with Gasteiger partial charge in [-0.2, -0.15) is 5.26 Å². The second kappa shape index (κ2) is 18.5. The number of pyridine rings is 1. The highest BCUT2D eigenvalue weighted by Gasteiger charge is 2.38. The second-order valence-corrected chi connectivity index (χ2v) is 15.9. The third-order valence-electron chi connectivity index (χ3n) is 11.5. The molecular weight excluding hydrogens is 728 g/mol. The number of piperidine rings is 2. The van der Waals surface area contributed by atoms with Crippen LogP contribution < -0.4 is 14.2 Å². The van der Waals surface area contributed by atoms with Crippen LogP contribution in [-0.4, -0.2) is 77.9 Å². The van der Waals surface area contributed by atoms with Crippen molar-refractivity contribution in [2.45, 2.75) is 77.7 Å². The standard InChI is InChI=1S/C45H51ClN4O6/c1-32-36(9-5-11-39(32)35-8-4-10-38(21-35)54-18-7-16-49-15-6-13-45(30-49)14-19-53-31-45)29-56-43-23-42(55-28-34-20-33(24-47)25-48-26-34)37(22-40(43)46)27-50-17-3-2-12-41(50)44(51)52/h4-5,8-11,20-23,25-26,41H,2-3,6-7,12-19,27-31H2,1H3,(H,51,52)/t41-,45?/m0/s1. The van der Waals surface area contributed by atoms with E-state index >= 15 is 0 Å². The Morgan fingerprint density at radius 3 is 2.71 bits per heavy atom. The van der Waals surface area contributed by atoms with Crippen molar-refractivity contribution < 1.29 is 28.8 Å². The fourth-order valence-corrected chi connectivity index (χ4v) is 8.66. The van der Waals surface area contributed by atoms with E-state index in [2.05, 4.69) is 47.1 Å². The van der Waals surface area contributed by atoms with Gasteiger partial charge in [0.2, 0.25) is 0 Å². The number of halogens is 1. The summed E-state index contributed by atoms with van der Waals surface area (Å²) in [5.74, 6) is 1.02. The van der Waals surface area contributed by atoms with E-state index in [1.807, 2.05) is 29.2 Å². The average molecular weight is 779 g/mol. The van der Waals surface area contributed by atoms with Crippen LogP contribution in [0.5, 0.6) is 17.2 Å². The number of nitriles is 1. The molecule has 10 nitrogen and oxygen atoms in total. The molecule has 0 bridgehead atoms. The van der Waals surface area contributed by atoms with Crippen LogP contribution in [0.2, 0.25) is 5.02 Å². The molecule has 0 amide bonds. The van der Waals surface area contributed by atoms with Crippen molar-refractivity contribution in [3.05, 3.63) is 106 Å². The number of likely N-dealkylation sites (tertiary alicyclic amines) is 2. The van der Waals surface area contributed by atoms with Gasteiger partial charge in [-0.1, -0.05) is 48.4 Å². The summed E-state index contributed by atoms with van der Waals surface area (Å²) in [5.41, 5.74) is 6.59. The second-order valence-electron chi connectivity index (χ2n) is 15.5. The molecule has 1 unspecified atom stereocenters. The van der Waals surface area contributed by atoms with Crippen LogP contribution in [0, 0.1) is 23.7 Å². The monoisotopic (exact) mass is 778 g/mol. The smallest absolute Gasteiger partial charge is 0.320 e. The lowest BCUT2D eigenvalue weighted by molar-refractivity contribution is -0.144. The summed E-state index contributed by atoms with van der Waals surface area (Å²) in [5, 5.41) is 19.7. The predicted octanol–water partition coefficient (Wildman–Crippen LogP) is 8.45. The van der Waals surface area contributed by atoms with Gasteiger partial charge in [0.25, 0.3) is 0 Å². The van der Waals surface area contributed by atoms with Gasteiger partial charge in [0.1, 0.15) is 42.6 Å². The maximum atomic E-state index is 12.1. The van der Waals surface area contributed by atoms with Crippen LogP contribution in [0.15, 0.2) is 73.1 Å². The molecule has 1 spiro atoms. The van der Waals surface area contributed by atoms with Gasteiger partial charge in [-0.25, -0.2) is 0 Å². The largest absolute Gasteiger partial charge is 0.494 e. The molecule has 2 atom stereocenters. The lowest BCUT2D eigenvalue weighted by atomic mass is 9.79. The Morgan fingerprint density at radius 2 is 1.88 bits per heavy atom. The first kappa shape index (κ1) is 39.6. The molecule has 0 radical (unpaired) electrons. The molecule has 0 aliphatic carbocycles. The first-order valence-electron chi connectivity index (χ1n) is 19.8. The van der Waals surface area contributed by atoms with Gasteiger partial charge < -0.3 is 29.0 Å². The van der Waals surface area contributed by atoms with E-state index in [0.717, 1.165) is 91.2 Å². The Morgan fingerprint density at radius 1 is 1.00 bits per heavy atom. The molecule has 3 aliphatic rings. The highest BCUT2D eigenvalue weighted by molar-refractivity contribution is 6.32. The van der Waals surface area contributed by atoms with E-state index in [1.165, 1.54) is 25.5 Å². The molecular formula is C45H51ClN4O6. The van der Waals surface area contributed by atoms with Gasteiger partial charge in [-0.3, -0.25) is 14.7 Å². The molecule has 294 valence electrons. The van der Waals surface area contributed by atoms with E-state index in [-0.39, 0.29) is 13.2 Å². The van der Waals surface area contributed by atoms with Crippen LogP contribution in [0.1, 0.15) is 72.8 Å². The SMILES string of the molecule is Cc1c(COc2cc(OCc3cncc(C#N)c3)c(CN3CCCC[C@H]3C(=O)O)cc2Cl)cccc1-c1cccc(OCCCN2CCCC3(CCOC3)C2)c1. The highest BCUT2D eigenvalue weighted by Crippen LogP contribution is 2.38. The Hall–Kier alpha value is -4.66. The van der Waals surface area contributed by atoms with Crippen LogP contribution in [0.4, 0.5) is 0 Å². The van der Waals surface area contributed by atoms with E-state index in [0.29, 0.717) is 53.6 Å². The average Bonchev–Trinajstić information content (AvgIpc) is 3.66. The topological polar surface area (TPSA) is 117 Å². The summed E-state index contributed by atoms with van der Waals surface area (Å²) in [6, 6.07) is 21.4. The van der Waals surface area contributed by atoms with Crippen molar-refractivity contribution in [3.8, 4) is 34.4 Å². The number of carboxylic acid groups (broad SMARTS) is 1. The van der Waals surface area contributed by atoms with Gasteiger partial charge in [-0.05, 0) is 105 Å². The zero-order valence-corrected chi connectivity index (χ0v) is 32.9. The Labute approximate surface area is 334 Å². The van der Waals surface area contributed by atoms with Crippen molar-refractivity contribution in [3.63, 3.8) is 0 Å². The molecule has 3 saturated heterocycles. The predicted molar refractivity (Wildman–Crippen MR) is 215 cm³/mol. The van der Waals surface area contributed by atoms with E-state index in [4.69, 9.17) is 30.5 Å². The number of nitrogens with zero attached hydrogens (tertiary/aromatic N) is 4. The van der Waals surface area contributed by atoms with Gasteiger partial charge >= 0.3 is 5.97 Å². The Kier molecular flexibility index (Phi) is 13.1. The van der Waals surface area contributed by atoms with E-state index in [9.17, 15) is 15.2 Å². The third kappa shape index (κ3) is 9.82. The summed E-state index contributed by atoms with van der Waals surface area (Å²) in [6.07, 6.45) is 10.3. The number of hydrogen-bond donors (Lipinski definition) is 1. The number of aromatic nitrogens is 1. The fourth-order valence-electron chi connectivity index (χ4n) is 8.42. The van der Waals surface area contributed by atoms with Crippen molar-refractivity contribution in [2.75, 3.05) is 46.0 Å². The Bertz CT molecular complexity index is 2030. The molecule has 4 heterocycles. The number of ether oxygens (including phenoxy) is 4. The van der Waals surface area contributed by atoms with Crippen LogP contribution >= 0.6 is 11.6 Å². The zero-order chi connectivity index (χ0) is 38.9.